The summed E-state index contributed by atoms with van der Waals surface area (Å²) >= 11 is 1.62. The summed E-state index contributed by atoms with van der Waals surface area (Å²) in [5.74, 6) is -0.448. The number of esters is 1. The highest BCUT2D eigenvalue weighted by molar-refractivity contribution is 7.09. The second kappa shape index (κ2) is 11.9. The monoisotopic (exact) mass is 477 g/mol. The van der Waals surface area contributed by atoms with Crippen molar-refractivity contribution in [3.05, 3.63) is 75.2 Å². The van der Waals surface area contributed by atoms with Crippen LogP contribution in [0.15, 0.2) is 53.4 Å². The number of benzene rings is 1. The number of carbonyl (C=O) groups excluding carboxylic acids is 2. The molecule has 0 saturated carbocycles. The lowest BCUT2D eigenvalue weighted by Gasteiger charge is -2.11. The number of thiophene rings is 1. The number of nitrogens with zero attached hydrogens (tertiary/aromatic N) is 2. The standard InChI is InChI=1S/C26H27N3O4S/c1-4-32-23-9-7-22(8-10-23)29-18(2)14-20(19(29)3)15-21(16-27)26(31)33-17-25(30)28-12-11-24-6-5-13-34-24/h5-10,13-15H,4,11-12,17H2,1-3H3,(H,28,30)/b21-15+. The molecular weight excluding hydrogens is 450 g/mol. The van der Waals surface area contributed by atoms with E-state index in [0.29, 0.717) is 19.6 Å². The number of aryl methyl sites for hydroxylation is 1. The van der Waals surface area contributed by atoms with E-state index in [0.717, 1.165) is 33.3 Å². The number of ether oxygens (including phenoxy) is 2. The zero-order valence-electron chi connectivity index (χ0n) is 19.5. The molecule has 7 nitrogen and oxygen atoms in total. The minimum Gasteiger partial charge on any atom is -0.494 e. The molecule has 8 heteroatoms. The van der Waals surface area contributed by atoms with Crippen molar-refractivity contribution in [3.63, 3.8) is 0 Å². The lowest BCUT2D eigenvalue weighted by molar-refractivity contribution is -0.144. The molecule has 1 amide bonds. The molecular formula is C26H27N3O4S. The third kappa shape index (κ3) is 6.36. The Morgan fingerprint density at radius 3 is 2.62 bits per heavy atom. The van der Waals surface area contributed by atoms with E-state index < -0.39 is 18.5 Å². The molecule has 2 heterocycles. The van der Waals surface area contributed by atoms with Crippen LogP contribution in [-0.2, 0) is 20.7 Å². The van der Waals surface area contributed by atoms with Gasteiger partial charge in [0.05, 0.1) is 6.61 Å². The zero-order chi connectivity index (χ0) is 24.5. The van der Waals surface area contributed by atoms with Crippen molar-refractivity contribution in [3.8, 4) is 17.5 Å². The van der Waals surface area contributed by atoms with Gasteiger partial charge in [-0.25, -0.2) is 4.79 Å². The molecule has 3 rings (SSSR count). The van der Waals surface area contributed by atoms with Gasteiger partial charge in [0.1, 0.15) is 17.4 Å². The van der Waals surface area contributed by atoms with E-state index in [4.69, 9.17) is 9.47 Å². The van der Waals surface area contributed by atoms with Crippen molar-refractivity contribution in [2.24, 2.45) is 0 Å². The Morgan fingerprint density at radius 2 is 1.97 bits per heavy atom. The van der Waals surface area contributed by atoms with Crippen LogP contribution in [0, 0.1) is 25.2 Å². The summed E-state index contributed by atoms with van der Waals surface area (Å²) in [5, 5.41) is 14.2. The van der Waals surface area contributed by atoms with Gasteiger partial charge < -0.3 is 19.4 Å². The van der Waals surface area contributed by atoms with Crippen LogP contribution in [0.25, 0.3) is 11.8 Å². The first kappa shape index (κ1) is 24.8. The summed E-state index contributed by atoms with van der Waals surface area (Å²) in [6.45, 7) is 6.41. The fourth-order valence-corrected chi connectivity index (χ4v) is 4.23. The minimum atomic E-state index is -0.832. The Kier molecular flexibility index (Phi) is 8.66. The van der Waals surface area contributed by atoms with Crippen LogP contribution < -0.4 is 10.1 Å². The van der Waals surface area contributed by atoms with Gasteiger partial charge in [-0.1, -0.05) is 6.07 Å². The molecule has 0 spiro atoms. The lowest BCUT2D eigenvalue weighted by Crippen LogP contribution is -2.30. The van der Waals surface area contributed by atoms with Crippen LogP contribution in [0.2, 0.25) is 0 Å². The average Bonchev–Trinajstić information content (AvgIpc) is 3.44. The number of rotatable bonds is 10. The number of hydrogen-bond acceptors (Lipinski definition) is 6. The van der Waals surface area contributed by atoms with E-state index >= 15 is 0 Å². The van der Waals surface area contributed by atoms with Crippen LogP contribution >= 0.6 is 11.3 Å². The minimum absolute atomic E-state index is 0.168. The van der Waals surface area contributed by atoms with Gasteiger partial charge >= 0.3 is 5.97 Å². The number of aromatic nitrogens is 1. The Hall–Kier alpha value is -3.83. The van der Waals surface area contributed by atoms with Crippen molar-refractivity contribution < 1.29 is 19.1 Å². The molecule has 0 bridgehead atoms. The van der Waals surface area contributed by atoms with E-state index in [1.165, 1.54) is 6.08 Å². The number of nitriles is 1. The molecule has 2 aromatic heterocycles. The van der Waals surface area contributed by atoms with Crippen molar-refractivity contribution >= 4 is 29.3 Å². The third-order valence-corrected chi connectivity index (χ3v) is 6.06. The fraction of sp³-hybridized carbons (Fsp3) is 0.269. The van der Waals surface area contributed by atoms with E-state index in [1.807, 2.05) is 79.3 Å². The van der Waals surface area contributed by atoms with Crippen molar-refractivity contribution in [2.45, 2.75) is 27.2 Å². The van der Waals surface area contributed by atoms with E-state index in [9.17, 15) is 14.9 Å². The summed E-state index contributed by atoms with van der Waals surface area (Å²) in [7, 11) is 0. The summed E-state index contributed by atoms with van der Waals surface area (Å²) in [6.07, 6.45) is 2.20. The van der Waals surface area contributed by atoms with Crippen molar-refractivity contribution in [1.29, 1.82) is 5.26 Å². The summed E-state index contributed by atoms with van der Waals surface area (Å²) in [5.41, 5.74) is 3.31. The molecule has 3 aromatic rings. The smallest absolute Gasteiger partial charge is 0.349 e. The molecule has 0 aliphatic heterocycles. The maximum absolute atomic E-state index is 12.4. The van der Waals surface area contributed by atoms with Gasteiger partial charge in [-0.2, -0.15) is 5.26 Å². The quantitative estimate of drug-likeness (QED) is 0.266. The lowest BCUT2D eigenvalue weighted by atomic mass is 10.1. The van der Waals surface area contributed by atoms with Gasteiger partial charge in [0.15, 0.2) is 6.61 Å². The van der Waals surface area contributed by atoms with Gasteiger partial charge in [-0.15, -0.1) is 11.3 Å². The molecule has 176 valence electrons. The van der Waals surface area contributed by atoms with Gasteiger partial charge in [-0.05, 0) is 80.6 Å². The largest absolute Gasteiger partial charge is 0.494 e. The maximum atomic E-state index is 12.4. The summed E-state index contributed by atoms with van der Waals surface area (Å²) in [6, 6.07) is 15.4. The van der Waals surface area contributed by atoms with Gasteiger partial charge in [0, 0.05) is 28.5 Å². The molecule has 0 unspecified atom stereocenters. The number of hydrogen-bond donors (Lipinski definition) is 1. The fourth-order valence-electron chi connectivity index (χ4n) is 3.52. The van der Waals surface area contributed by atoms with Crippen molar-refractivity contribution in [2.75, 3.05) is 19.8 Å². The van der Waals surface area contributed by atoms with Gasteiger partial charge in [-0.3, -0.25) is 4.79 Å². The first-order valence-corrected chi connectivity index (χ1v) is 11.8. The van der Waals surface area contributed by atoms with Crippen LogP contribution in [0.5, 0.6) is 5.75 Å². The predicted molar refractivity (Wildman–Crippen MR) is 132 cm³/mol. The Morgan fingerprint density at radius 1 is 1.21 bits per heavy atom. The highest BCUT2D eigenvalue weighted by Gasteiger charge is 2.16. The topological polar surface area (TPSA) is 93.3 Å². The Balaban J connectivity index is 1.64. The molecule has 0 aliphatic rings. The third-order valence-electron chi connectivity index (χ3n) is 5.12. The second-order valence-electron chi connectivity index (χ2n) is 7.51. The molecule has 34 heavy (non-hydrogen) atoms. The second-order valence-corrected chi connectivity index (χ2v) is 8.55. The molecule has 0 radical (unpaired) electrons. The van der Waals surface area contributed by atoms with E-state index in [2.05, 4.69) is 5.32 Å². The van der Waals surface area contributed by atoms with Crippen molar-refractivity contribution in [1.82, 2.24) is 9.88 Å². The van der Waals surface area contributed by atoms with Gasteiger partial charge in [0.2, 0.25) is 0 Å². The molecule has 1 aromatic carbocycles. The zero-order valence-corrected chi connectivity index (χ0v) is 20.3. The maximum Gasteiger partial charge on any atom is 0.349 e. The predicted octanol–water partition coefficient (Wildman–Crippen LogP) is 4.36. The van der Waals surface area contributed by atoms with Gasteiger partial charge in [0.25, 0.3) is 5.91 Å². The highest BCUT2D eigenvalue weighted by atomic mass is 32.1. The average molecular weight is 478 g/mol. The Bertz CT molecular complexity index is 1200. The van der Waals surface area contributed by atoms with Crippen LogP contribution in [-0.4, -0.2) is 36.2 Å². The number of amides is 1. The SMILES string of the molecule is CCOc1ccc(-n2c(C)cc(/C=C(\C#N)C(=O)OCC(=O)NCCc3cccs3)c2C)cc1. The van der Waals surface area contributed by atoms with E-state index in [-0.39, 0.29) is 5.57 Å². The molecule has 0 aliphatic carbocycles. The number of nitrogens with one attached hydrogen (secondary N) is 1. The Labute approximate surface area is 203 Å². The molecule has 0 saturated heterocycles. The molecule has 0 atom stereocenters. The van der Waals surface area contributed by atoms with Crippen LogP contribution in [0.4, 0.5) is 0 Å². The van der Waals surface area contributed by atoms with Crippen LogP contribution in [0.3, 0.4) is 0 Å². The number of carbonyl (C=O) groups is 2. The first-order chi connectivity index (χ1) is 16.4. The summed E-state index contributed by atoms with van der Waals surface area (Å²) in [4.78, 5) is 25.5. The summed E-state index contributed by atoms with van der Waals surface area (Å²) < 4.78 is 12.6. The van der Waals surface area contributed by atoms with Crippen LogP contribution in [0.1, 0.15) is 28.8 Å². The highest BCUT2D eigenvalue weighted by Crippen LogP contribution is 2.24. The normalized spacial score (nSPS) is 11.1. The van der Waals surface area contributed by atoms with E-state index in [1.54, 1.807) is 11.3 Å². The molecule has 0 fully saturated rings. The molecule has 1 N–H and O–H groups in total. The first-order valence-electron chi connectivity index (χ1n) is 10.9.